The Hall–Kier alpha value is -1.51. The van der Waals surface area contributed by atoms with Crippen LogP contribution in [0.4, 0.5) is 5.69 Å². The molecule has 1 aromatic carbocycles. The van der Waals surface area contributed by atoms with Gasteiger partial charge in [-0.15, -0.1) is 0 Å². The van der Waals surface area contributed by atoms with Crippen LogP contribution in [0, 0.1) is 0 Å². The number of sulfonamides is 1. The highest BCUT2D eigenvalue weighted by molar-refractivity contribution is 7.89. The van der Waals surface area contributed by atoms with E-state index in [0.717, 1.165) is 51.4 Å². The lowest BCUT2D eigenvalue weighted by Gasteiger charge is -2.22. The van der Waals surface area contributed by atoms with Gasteiger partial charge in [-0.25, -0.2) is 13.1 Å². The predicted molar refractivity (Wildman–Crippen MR) is 117 cm³/mol. The van der Waals surface area contributed by atoms with E-state index in [9.17, 15) is 13.2 Å². The third-order valence-corrected chi connectivity index (χ3v) is 6.60. The second kappa shape index (κ2) is 11.5. The molecule has 0 bridgehead atoms. The maximum Gasteiger partial charge on any atom is 0.240 e. The molecule has 6 nitrogen and oxygen atoms in total. The molecule has 1 aliphatic rings. The van der Waals surface area contributed by atoms with Crippen molar-refractivity contribution >= 4 is 38.9 Å². The molecule has 1 amide bonds. The fraction of sp³-hybridized carbons (Fsp3) is 0.600. The third kappa shape index (κ3) is 7.85. The van der Waals surface area contributed by atoms with Gasteiger partial charge in [0.15, 0.2) is 5.11 Å². The van der Waals surface area contributed by atoms with Crippen LogP contribution in [0.1, 0.15) is 71.1 Å². The Kier molecular flexibility index (Phi) is 9.34. The molecule has 8 heteroatoms. The van der Waals surface area contributed by atoms with Crippen molar-refractivity contribution in [1.29, 1.82) is 0 Å². The smallest absolute Gasteiger partial charge is 0.240 e. The maximum atomic E-state index is 12.5. The Balaban J connectivity index is 1.82. The molecule has 0 unspecified atom stereocenters. The first-order valence-electron chi connectivity index (χ1n) is 10.1. The average molecular weight is 426 g/mol. The van der Waals surface area contributed by atoms with Gasteiger partial charge < -0.3 is 10.6 Å². The summed E-state index contributed by atoms with van der Waals surface area (Å²) in [5, 5.41) is 5.79. The summed E-state index contributed by atoms with van der Waals surface area (Å²) in [7, 11) is -3.52. The number of anilines is 1. The molecule has 28 heavy (non-hydrogen) atoms. The number of amides is 1. The first-order chi connectivity index (χ1) is 13.4. The number of thiocarbonyl (C=S) groups is 1. The number of hydrogen-bond donors (Lipinski definition) is 3. The molecular weight excluding hydrogens is 394 g/mol. The maximum absolute atomic E-state index is 12.5. The summed E-state index contributed by atoms with van der Waals surface area (Å²) in [6, 6.07) is 6.41. The molecule has 1 aromatic rings. The first kappa shape index (κ1) is 22.8. The largest absolute Gasteiger partial charge is 0.332 e. The van der Waals surface area contributed by atoms with Crippen molar-refractivity contribution in [3.63, 3.8) is 0 Å². The average Bonchev–Trinajstić information content (AvgIpc) is 2.66. The Labute approximate surface area is 173 Å². The first-order valence-corrected chi connectivity index (χ1v) is 12.0. The molecule has 2 rings (SSSR count). The number of carbonyl (C=O) groups is 1. The van der Waals surface area contributed by atoms with Crippen molar-refractivity contribution in [2.24, 2.45) is 0 Å². The van der Waals surface area contributed by atoms with Crippen molar-refractivity contribution in [2.45, 2.75) is 82.1 Å². The molecule has 156 valence electrons. The second-order valence-electron chi connectivity index (χ2n) is 7.29. The number of rotatable bonds is 9. The summed E-state index contributed by atoms with van der Waals surface area (Å²) < 4.78 is 27.8. The van der Waals surface area contributed by atoms with Crippen LogP contribution in [-0.2, 0) is 14.8 Å². The van der Waals surface area contributed by atoms with Crippen LogP contribution in [0.2, 0.25) is 0 Å². The van der Waals surface area contributed by atoms with Crippen molar-refractivity contribution in [3.8, 4) is 0 Å². The Morgan fingerprint density at radius 3 is 2.39 bits per heavy atom. The molecule has 1 saturated carbocycles. The summed E-state index contributed by atoms with van der Waals surface area (Å²) in [6.45, 7) is 2.13. The summed E-state index contributed by atoms with van der Waals surface area (Å²) in [5.41, 5.74) is 0.632. The minimum atomic E-state index is -3.52. The van der Waals surface area contributed by atoms with E-state index in [4.69, 9.17) is 12.2 Å². The molecule has 0 radical (unpaired) electrons. The van der Waals surface area contributed by atoms with E-state index in [1.807, 2.05) is 0 Å². The van der Waals surface area contributed by atoms with E-state index < -0.39 is 10.0 Å². The van der Waals surface area contributed by atoms with Gasteiger partial charge >= 0.3 is 0 Å². The van der Waals surface area contributed by atoms with Gasteiger partial charge in [0.1, 0.15) is 0 Å². The van der Waals surface area contributed by atoms with Crippen molar-refractivity contribution in [2.75, 3.05) is 5.32 Å². The summed E-state index contributed by atoms with van der Waals surface area (Å²) in [4.78, 5) is 12.1. The highest BCUT2D eigenvalue weighted by Gasteiger charge is 2.21. The van der Waals surface area contributed by atoms with Crippen LogP contribution >= 0.6 is 12.2 Å². The van der Waals surface area contributed by atoms with E-state index in [2.05, 4.69) is 22.3 Å². The molecule has 1 fully saturated rings. The van der Waals surface area contributed by atoms with Gasteiger partial charge in [0.2, 0.25) is 15.9 Å². The molecule has 0 heterocycles. The minimum Gasteiger partial charge on any atom is -0.332 e. The molecule has 0 spiro atoms. The van der Waals surface area contributed by atoms with Gasteiger partial charge in [0, 0.05) is 18.2 Å². The van der Waals surface area contributed by atoms with Gasteiger partial charge in [0.25, 0.3) is 0 Å². The summed E-state index contributed by atoms with van der Waals surface area (Å²) in [5.74, 6) is -0.107. The quantitative estimate of drug-likeness (QED) is 0.410. The molecule has 1 aliphatic carbocycles. The van der Waals surface area contributed by atoms with Crippen LogP contribution in [0.5, 0.6) is 0 Å². The standard InChI is InChI=1S/C20H31N3O3S2/c1-2-3-4-8-11-19(24)22-20(27)21-16-12-14-18(15-13-16)28(25,26)23-17-9-6-5-7-10-17/h12-15,17,23H,2-11H2,1H3,(H2,21,22,24,27). The topological polar surface area (TPSA) is 87.3 Å². The Morgan fingerprint density at radius 1 is 1.07 bits per heavy atom. The SMILES string of the molecule is CCCCCCC(=O)NC(=S)Nc1ccc(S(=O)(=O)NC2CCCCC2)cc1. The highest BCUT2D eigenvalue weighted by atomic mass is 32.2. The van der Waals surface area contributed by atoms with E-state index in [0.29, 0.717) is 12.1 Å². The van der Waals surface area contributed by atoms with Crippen molar-refractivity contribution in [3.05, 3.63) is 24.3 Å². The molecule has 0 aliphatic heterocycles. The highest BCUT2D eigenvalue weighted by Crippen LogP contribution is 2.20. The third-order valence-electron chi connectivity index (χ3n) is 4.86. The minimum absolute atomic E-state index is 0.0247. The zero-order valence-electron chi connectivity index (χ0n) is 16.5. The summed E-state index contributed by atoms with van der Waals surface area (Å²) >= 11 is 5.15. The van der Waals surface area contributed by atoms with Crippen molar-refractivity contribution < 1.29 is 13.2 Å². The monoisotopic (exact) mass is 425 g/mol. The molecule has 3 N–H and O–H groups in total. The Morgan fingerprint density at radius 2 is 1.75 bits per heavy atom. The van der Waals surface area contributed by atoms with E-state index >= 15 is 0 Å². The van der Waals surface area contributed by atoms with Crippen LogP contribution in [0.15, 0.2) is 29.2 Å². The zero-order valence-corrected chi connectivity index (χ0v) is 18.1. The van der Waals surface area contributed by atoms with Crippen LogP contribution < -0.4 is 15.4 Å². The predicted octanol–water partition coefficient (Wildman–Crippen LogP) is 4.08. The zero-order chi connectivity index (χ0) is 20.4. The number of nitrogens with one attached hydrogen (secondary N) is 3. The van der Waals surface area contributed by atoms with Gasteiger partial charge in [-0.1, -0.05) is 45.4 Å². The summed E-state index contributed by atoms with van der Waals surface area (Å²) in [6.07, 6.45) is 9.69. The van der Waals surface area contributed by atoms with Gasteiger partial charge in [-0.3, -0.25) is 4.79 Å². The molecule has 0 saturated heterocycles. The lowest BCUT2D eigenvalue weighted by atomic mass is 9.96. The number of hydrogen-bond acceptors (Lipinski definition) is 4. The molecule has 0 atom stereocenters. The normalized spacial score (nSPS) is 15.2. The van der Waals surface area contributed by atoms with Gasteiger partial charge in [-0.2, -0.15) is 0 Å². The number of carbonyl (C=O) groups excluding carboxylic acids is 1. The molecular formula is C20H31N3O3S2. The second-order valence-corrected chi connectivity index (χ2v) is 9.42. The van der Waals surface area contributed by atoms with Crippen molar-refractivity contribution in [1.82, 2.24) is 10.0 Å². The van der Waals surface area contributed by atoms with Gasteiger partial charge in [-0.05, 0) is 55.7 Å². The lowest BCUT2D eigenvalue weighted by molar-refractivity contribution is -0.119. The van der Waals surface area contributed by atoms with E-state index in [1.165, 1.54) is 6.42 Å². The van der Waals surface area contributed by atoms with Gasteiger partial charge in [0.05, 0.1) is 4.90 Å². The molecule has 0 aromatic heterocycles. The fourth-order valence-electron chi connectivity index (χ4n) is 3.29. The van der Waals surface area contributed by atoms with Crippen LogP contribution in [0.3, 0.4) is 0 Å². The van der Waals surface area contributed by atoms with Crippen LogP contribution in [0.25, 0.3) is 0 Å². The Bertz CT molecular complexity index is 742. The lowest BCUT2D eigenvalue weighted by Crippen LogP contribution is -2.36. The fourth-order valence-corrected chi connectivity index (χ4v) is 4.83. The van der Waals surface area contributed by atoms with E-state index in [1.54, 1.807) is 24.3 Å². The number of benzene rings is 1. The van der Waals surface area contributed by atoms with Crippen LogP contribution in [-0.4, -0.2) is 25.5 Å². The van der Waals surface area contributed by atoms with E-state index in [-0.39, 0.29) is 22.0 Å². The number of unbranched alkanes of at least 4 members (excludes halogenated alkanes) is 3.